The van der Waals surface area contributed by atoms with Gasteiger partial charge in [-0.2, -0.15) is 0 Å². The van der Waals surface area contributed by atoms with Crippen LogP contribution >= 0.6 is 0 Å². The molecule has 0 saturated heterocycles. The molecule has 0 aromatic heterocycles. The summed E-state index contributed by atoms with van der Waals surface area (Å²) >= 11 is 0. The number of methoxy groups -OCH3 is 1. The Hall–Kier alpha value is -1.02. The van der Waals surface area contributed by atoms with E-state index in [-0.39, 0.29) is 0 Å². The average molecular weight is 247 g/mol. The molecular formula is C16H25NO. The van der Waals surface area contributed by atoms with E-state index in [4.69, 9.17) is 4.74 Å². The molecule has 0 aliphatic heterocycles. The maximum atomic E-state index is 5.17. The summed E-state index contributed by atoms with van der Waals surface area (Å²) in [4.78, 5) is 0. The van der Waals surface area contributed by atoms with E-state index in [2.05, 4.69) is 31.3 Å². The molecule has 0 bridgehead atoms. The van der Waals surface area contributed by atoms with Crippen molar-refractivity contribution in [2.24, 2.45) is 5.41 Å². The smallest absolute Gasteiger partial charge is 0.118 e. The Kier molecular flexibility index (Phi) is 4.28. The quantitative estimate of drug-likeness (QED) is 0.861. The largest absolute Gasteiger partial charge is 0.497 e. The first-order valence-corrected chi connectivity index (χ1v) is 6.98. The topological polar surface area (TPSA) is 21.3 Å². The molecule has 1 saturated carbocycles. The molecule has 2 heteroatoms. The van der Waals surface area contributed by atoms with Crippen molar-refractivity contribution in [2.45, 2.75) is 45.6 Å². The highest BCUT2D eigenvalue weighted by Gasteiger charge is 2.33. The Morgan fingerprint density at radius 1 is 1.28 bits per heavy atom. The third-order valence-electron chi connectivity index (χ3n) is 4.22. The van der Waals surface area contributed by atoms with Crippen LogP contribution in [0.1, 0.15) is 38.7 Å². The average Bonchev–Trinajstić information content (AvgIpc) is 2.70. The molecule has 1 aliphatic rings. The molecule has 1 aliphatic carbocycles. The Bertz CT molecular complexity index is 369. The number of hydrogen-bond acceptors (Lipinski definition) is 2. The van der Waals surface area contributed by atoms with E-state index in [1.165, 1.54) is 24.8 Å². The molecule has 0 spiro atoms. The van der Waals surface area contributed by atoms with Gasteiger partial charge in [-0.1, -0.05) is 32.4 Å². The van der Waals surface area contributed by atoms with Crippen molar-refractivity contribution in [2.75, 3.05) is 13.7 Å². The predicted molar refractivity (Wildman–Crippen MR) is 76.1 cm³/mol. The van der Waals surface area contributed by atoms with Crippen molar-refractivity contribution >= 4 is 0 Å². The third-order valence-corrected chi connectivity index (χ3v) is 4.22. The van der Waals surface area contributed by atoms with Gasteiger partial charge in [0, 0.05) is 6.04 Å². The summed E-state index contributed by atoms with van der Waals surface area (Å²) in [6.07, 6.45) is 5.15. The normalized spacial score (nSPS) is 22.1. The Labute approximate surface area is 111 Å². The zero-order valence-electron chi connectivity index (χ0n) is 11.8. The van der Waals surface area contributed by atoms with Crippen molar-refractivity contribution in [1.29, 1.82) is 0 Å². The molecule has 1 atom stereocenters. The van der Waals surface area contributed by atoms with Crippen LogP contribution in [0.2, 0.25) is 0 Å². The molecule has 2 nitrogen and oxygen atoms in total. The SMILES string of the molecule is COc1ccc(CCNC2CCCC2(C)C)cc1. The zero-order chi connectivity index (χ0) is 13.0. The van der Waals surface area contributed by atoms with Gasteiger partial charge in [-0.05, 0) is 48.9 Å². The van der Waals surface area contributed by atoms with E-state index >= 15 is 0 Å². The fraction of sp³-hybridized carbons (Fsp3) is 0.625. The van der Waals surface area contributed by atoms with Gasteiger partial charge < -0.3 is 10.1 Å². The molecule has 100 valence electrons. The van der Waals surface area contributed by atoms with Gasteiger partial charge >= 0.3 is 0 Å². The minimum Gasteiger partial charge on any atom is -0.497 e. The van der Waals surface area contributed by atoms with Crippen molar-refractivity contribution in [1.82, 2.24) is 5.32 Å². The summed E-state index contributed by atoms with van der Waals surface area (Å²) in [5.41, 5.74) is 1.85. The number of benzene rings is 1. The van der Waals surface area contributed by atoms with E-state index < -0.39 is 0 Å². The van der Waals surface area contributed by atoms with Crippen LogP contribution < -0.4 is 10.1 Å². The van der Waals surface area contributed by atoms with Gasteiger partial charge in [0.1, 0.15) is 5.75 Å². The molecule has 0 amide bonds. The summed E-state index contributed by atoms with van der Waals surface area (Å²) in [5.74, 6) is 0.934. The summed E-state index contributed by atoms with van der Waals surface area (Å²) in [5, 5.41) is 3.72. The van der Waals surface area contributed by atoms with Crippen LogP contribution in [-0.2, 0) is 6.42 Å². The Balaban J connectivity index is 1.78. The molecule has 0 heterocycles. The van der Waals surface area contributed by atoms with Crippen LogP contribution in [0, 0.1) is 5.41 Å². The zero-order valence-corrected chi connectivity index (χ0v) is 11.8. The Morgan fingerprint density at radius 2 is 2.00 bits per heavy atom. The summed E-state index contributed by atoms with van der Waals surface area (Å²) < 4.78 is 5.17. The van der Waals surface area contributed by atoms with Gasteiger partial charge in [0.2, 0.25) is 0 Å². The lowest BCUT2D eigenvalue weighted by Gasteiger charge is -2.28. The van der Waals surface area contributed by atoms with Gasteiger partial charge in [0.05, 0.1) is 7.11 Å². The van der Waals surface area contributed by atoms with Gasteiger partial charge in [0.25, 0.3) is 0 Å². The minimum atomic E-state index is 0.472. The number of nitrogens with one attached hydrogen (secondary N) is 1. The summed E-state index contributed by atoms with van der Waals surface area (Å²) in [7, 11) is 1.71. The molecular weight excluding hydrogens is 222 g/mol. The van der Waals surface area contributed by atoms with Crippen LogP contribution in [-0.4, -0.2) is 19.7 Å². The fourth-order valence-electron chi connectivity index (χ4n) is 2.89. The second kappa shape index (κ2) is 5.75. The molecule has 1 aromatic carbocycles. The highest BCUT2D eigenvalue weighted by Crippen LogP contribution is 2.37. The second-order valence-electron chi connectivity index (χ2n) is 5.99. The highest BCUT2D eigenvalue weighted by atomic mass is 16.5. The van der Waals surface area contributed by atoms with Crippen molar-refractivity contribution in [3.8, 4) is 5.75 Å². The first kappa shape index (κ1) is 13.4. The van der Waals surface area contributed by atoms with E-state index in [0.29, 0.717) is 11.5 Å². The Morgan fingerprint density at radius 3 is 2.56 bits per heavy atom. The first-order chi connectivity index (χ1) is 8.62. The number of hydrogen-bond donors (Lipinski definition) is 1. The van der Waals surface area contributed by atoms with E-state index in [1.807, 2.05) is 12.1 Å². The van der Waals surface area contributed by atoms with Crippen molar-refractivity contribution in [3.05, 3.63) is 29.8 Å². The minimum absolute atomic E-state index is 0.472. The highest BCUT2D eigenvalue weighted by molar-refractivity contribution is 5.27. The first-order valence-electron chi connectivity index (χ1n) is 6.98. The number of ether oxygens (including phenoxy) is 1. The molecule has 1 aromatic rings. The van der Waals surface area contributed by atoms with Crippen LogP contribution in [0.3, 0.4) is 0 Å². The van der Waals surface area contributed by atoms with E-state index in [9.17, 15) is 0 Å². The van der Waals surface area contributed by atoms with E-state index in [0.717, 1.165) is 18.7 Å². The van der Waals surface area contributed by atoms with Crippen LogP contribution in [0.15, 0.2) is 24.3 Å². The lowest BCUT2D eigenvalue weighted by Crippen LogP contribution is -2.38. The lowest BCUT2D eigenvalue weighted by molar-refractivity contribution is 0.285. The van der Waals surface area contributed by atoms with Crippen molar-refractivity contribution in [3.63, 3.8) is 0 Å². The van der Waals surface area contributed by atoms with E-state index in [1.54, 1.807) is 7.11 Å². The van der Waals surface area contributed by atoms with Crippen molar-refractivity contribution < 1.29 is 4.74 Å². The fourth-order valence-corrected chi connectivity index (χ4v) is 2.89. The molecule has 1 N–H and O–H groups in total. The van der Waals surface area contributed by atoms with Gasteiger partial charge in [-0.15, -0.1) is 0 Å². The van der Waals surface area contributed by atoms with Crippen LogP contribution in [0.25, 0.3) is 0 Å². The van der Waals surface area contributed by atoms with Gasteiger partial charge in [-0.25, -0.2) is 0 Å². The standard InChI is InChI=1S/C16H25NO/c1-16(2)11-4-5-15(16)17-12-10-13-6-8-14(18-3)9-7-13/h6-9,15,17H,4-5,10-12H2,1-3H3. The molecule has 1 fully saturated rings. The molecule has 18 heavy (non-hydrogen) atoms. The second-order valence-corrected chi connectivity index (χ2v) is 5.99. The van der Waals surface area contributed by atoms with Crippen LogP contribution in [0.4, 0.5) is 0 Å². The summed E-state index contributed by atoms with van der Waals surface area (Å²) in [6, 6.07) is 9.07. The molecule has 0 radical (unpaired) electrons. The van der Waals surface area contributed by atoms with Crippen LogP contribution in [0.5, 0.6) is 5.75 Å². The third kappa shape index (κ3) is 3.26. The maximum Gasteiger partial charge on any atom is 0.118 e. The lowest BCUT2D eigenvalue weighted by atomic mass is 9.87. The molecule has 2 rings (SSSR count). The maximum absolute atomic E-state index is 5.17. The number of rotatable bonds is 5. The molecule has 1 unspecified atom stereocenters. The predicted octanol–water partition coefficient (Wildman–Crippen LogP) is 3.41. The monoisotopic (exact) mass is 247 g/mol. The summed E-state index contributed by atoms with van der Waals surface area (Å²) in [6.45, 7) is 5.83. The van der Waals surface area contributed by atoms with Gasteiger partial charge in [-0.3, -0.25) is 0 Å². The van der Waals surface area contributed by atoms with Gasteiger partial charge in [0.15, 0.2) is 0 Å².